The molecule has 4 N–H and O–H groups in total. The number of aliphatic hydroxyl groups excluding tert-OH is 2. The van der Waals surface area contributed by atoms with Crippen LogP contribution < -0.4 is 10.6 Å². The number of ether oxygens (including phenoxy) is 2. The number of hydrogen-bond donors (Lipinski definition) is 4. The first kappa shape index (κ1) is 25.6. The molecular formula is C19H28FN3O9. The number of halogens is 1. The van der Waals surface area contributed by atoms with Crippen molar-refractivity contribution < 1.29 is 48.0 Å². The molecule has 0 aromatic carbocycles. The predicted molar refractivity (Wildman–Crippen MR) is 103 cm³/mol. The lowest BCUT2D eigenvalue weighted by Gasteiger charge is -2.39. The molecule has 2 aliphatic rings. The number of carbonyl (C=O) groups excluding carboxylic acids is 5. The molecule has 12 nitrogen and oxygen atoms in total. The fourth-order valence-corrected chi connectivity index (χ4v) is 3.39. The van der Waals surface area contributed by atoms with Gasteiger partial charge in [0.25, 0.3) is 0 Å². The van der Waals surface area contributed by atoms with Crippen molar-refractivity contribution in [1.82, 2.24) is 15.5 Å². The van der Waals surface area contributed by atoms with Crippen LogP contribution in [0.4, 0.5) is 4.39 Å². The van der Waals surface area contributed by atoms with E-state index >= 15 is 0 Å². The average Bonchev–Trinajstić information content (AvgIpc) is 2.97. The number of hydrogen-bond acceptors (Lipinski definition) is 9. The Morgan fingerprint density at radius 2 is 1.94 bits per heavy atom. The van der Waals surface area contributed by atoms with E-state index in [0.29, 0.717) is 0 Å². The maximum Gasteiger partial charge on any atom is 0.306 e. The van der Waals surface area contributed by atoms with Crippen LogP contribution in [-0.4, -0.2) is 95.1 Å². The van der Waals surface area contributed by atoms with E-state index in [0.717, 1.165) is 11.8 Å². The first-order valence-electron chi connectivity index (χ1n) is 10.2. The molecule has 32 heavy (non-hydrogen) atoms. The second-order valence-corrected chi connectivity index (χ2v) is 7.75. The lowest BCUT2D eigenvalue weighted by Crippen LogP contribution is -2.62. The summed E-state index contributed by atoms with van der Waals surface area (Å²) < 4.78 is 24.1. The summed E-state index contributed by atoms with van der Waals surface area (Å²) in [6.07, 6.45) is -7.39. The number of imide groups is 1. The Balaban J connectivity index is 1.66. The minimum Gasteiger partial charge on any atom is -0.463 e. The van der Waals surface area contributed by atoms with Crippen LogP contribution in [0.5, 0.6) is 0 Å². The van der Waals surface area contributed by atoms with Crippen molar-refractivity contribution >= 4 is 29.6 Å². The maximum atomic E-state index is 14.3. The SMILES string of the molecule is CC(=O)N[C@H]1C(O)O[C@H](COC(=O)CCC(=O)NCCN2C(=O)CC(C)C2=O)[C@@H](F)[C@@H]1O. The average molecular weight is 461 g/mol. The largest absolute Gasteiger partial charge is 0.463 e. The number of nitrogens with zero attached hydrogens (tertiary/aromatic N) is 1. The van der Waals surface area contributed by atoms with E-state index in [2.05, 4.69) is 10.6 Å². The summed E-state index contributed by atoms with van der Waals surface area (Å²) >= 11 is 0. The highest BCUT2D eigenvalue weighted by Crippen LogP contribution is 2.23. The molecule has 13 heteroatoms. The Bertz CT molecular complexity index is 750. The van der Waals surface area contributed by atoms with E-state index in [1.54, 1.807) is 6.92 Å². The topological polar surface area (TPSA) is 172 Å². The molecule has 0 bridgehead atoms. The van der Waals surface area contributed by atoms with Crippen molar-refractivity contribution in [1.29, 1.82) is 0 Å². The Hall–Kier alpha value is -2.64. The zero-order chi connectivity index (χ0) is 24.0. The summed E-state index contributed by atoms with van der Waals surface area (Å²) in [4.78, 5) is 59.2. The standard InChI is InChI=1S/C19H28FN3O9/c1-9-7-13(26)23(18(9)29)6-5-21-12(25)3-4-14(27)31-8-11-15(20)17(28)16(19(30)32-11)22-10(2)24/h9,11,15-17,19,28,30H,3-8H2,1-2H3,(H,21,25)(H,22,24)/t9?,11-,15-,16-,17+,19?/m1/s1. The molecule has 0 radical (unpaired) electrons. The highest BCUT2D eigenvalue weighted by atomic mass is 19.1. The third-order valence-electron chi connectivity index (χ3n) is 5.13. The van der Waals surface area contributed by atoms with E-state index in [1.807, 2.05) is 0 Å². The molecule has 2 rings (SSSR count). The van der Waals surface area contributed by atoms with E-state index in [4.69, 9.17) is 9.47 Å². The predicted octanol–water partition coefficient (Wildman–Crippen LogP) is -2.26. The lowest BCUT2D eigenvalue weighted by atomic mass is 9.98. The van der Waals surface area contributed by atoms with Gasteiger partial charge in [0.1, 0.15) is 24.9 Å². The maximum absolute atomic E-state index is 14.3. The van der Waals surface area contributed by atoms with Gasteiger partial charge in [0.15, 0.2) is 12.5 Å². The molecule has 0 saturated carbocycles. The summed E-state index contributed by atoms with van der Waals surface area (Å²) in [6.45, 7) is 2.25. The van der Waals surface area contributed by atoms with Crippen LogP contribution in [0.3, 0.4) is 0 Å². The molecule has 0 aromatic rings. The normalized spacial score (nSPS) is 30.2. The van der Waals surface area contributed by atoms with Gasteiger partial charge in [0.05, 0.1) is 6.42 Å². The van der Waals surface area contributed by atoms with E-state index in [1.165, 1.54) is 0 Å². The van der Waals surface area contributed by atoms with Crippen LogP contribution in [-0.2, 0) is 33.4 Å². The zero-order valence-corrected chi connectivity index (χ0v) is 17.8. The number of alkyl halides is 1. The second kappa shape index (κ2) is 11.3. The summed E-state index contributed by atoms with van der Waals surface area (Å²) in [5.41, 5.74) is 0. The molecule has 2 saturated heterocycles. The highest BCUT2D eigenvalue weighted by Gasteiger charge is 2.46. The third kappa shape index (κ3) is 6.68. The van der Waals surface area contributed by atoms with E-state index in [-0.39, 0.29) is 50.1 Å². The Morgan fingerprint density at radius 3 is 2.53 bits per heavy atom. The molecule has 2 fully saturated rings. The van der Waals surface area contributed by atoms with Gasteiger partial charge in [0, 0.05) is 38.8 Å². The fraction of sp³-hybridized carbons (Fsp3) is 0.737. The van der Waals surface area contributed by atoms with Crippen LogP contribution >= 0.6 is 0 Å². The quantitative estimate of drug-likeness (QED) is 0.218. The summed E-state index contributed by atoms with van der Waals surface area (Å²) in [5, 5.41) is 24.4. The van der Waals surface area contributed by atoms with Crippen LogP contribution in [0.1, 0.15) is 33.1 Å². The van der Waals surface area contributed by atoms with Crippen molar-refractivity contribution in [3.8, 4) is 0 Å². The molecule has 2 aliphatic heterocycles. The number of rotatable bonds is 9. The number of likely N-dealkylation sites (tertiary alicyclic amines) is 1. The second-order valence-electron chi connectivity index (χ2n) is 7.75. The molecule has 6 atom stereocenters. The first-order valence-corrected chi connectivity index (χ1v) is 10.2. The fourth-order valence-electron chi connectivity index (χ4n) is 3.39. The van der Waals surface area contributed by atoms with Gasteiger partial charge in [-0.3, -0.25) is 28.9 Å². The Kier molecular flexibility index (Phi) is 9.04. The molecule has 2 unspecified atom stereocenters. The summed E-state index contributed by atoms with van der Waals surface area (Å²) in [7, 11) is 0. The van der Waals surface area contributed by atoms with Gasteiger partial charge in [-0.15, -0.1) is 0 Å². The van der Waals surface area contributed by atoms with E-state index < -0.39 is 55.1 Å². The molecule has 2 heterocycles. The van der Waals surface area contributed by atoms with Crippen LogP contribution in [0.15, 0.2) is 0 Å². The minimum absolute atomic E-state index is 0.0409. The van der Waals surface area contributed by atoms with Gasteiger partial charge < -0.3 is 30.3 Å². The van der Waals surface area contributed by atoms with Gasteiger partial charge in [-0.05, 0) is 0 Å². The van der Waals surface area contributed by atoms with Crippen molar-refractivity contribution in [2.75, 3.05) is 19.7 Å². The molecule has 0 aromatic heterocycles. The van der Waals surface area contributed by atoms with Crippen LogP contribution in [0, 0.1) is 5.92 Å². The number of aliphatic hydroxyl groups is 2. The molecule has 0 aliphatic carbocycles. The van der Waals surface area contributed by atoms with Gasteiger partial charge in [0.2, 0.25) is 23.6 Å². The smallest absolute Gasteiger partial charge is 0.306 e. The summed E-state index contributed by atoms with van der Waals surface area (Å²) in [5.74, 6) is -2.89. The van der Waals surface area contributed by atoms with Crippen LogP contribution in [0.2, 0.25) is 0 Å². The molecular weight excluding hydrogens is 433 g/mol. The number of carbonyl (C=O) groups is 5. The van der Waals surface area contributed by atoms with Crippen LogP contribution in [0.25, 0.3) is 0 Å². The van der Waals surface area contributed by atoms with E-state index in [9.17, 15) is 38.6 Å². The molecule has 180 valence electrons. The number of esters is 1. The Labute approximate surface area is 183 Å². The highest BCUT2D eigenvalue weighted by molar-refractivity contribution is 6.03. The Morgan fingerprint density at radius 1 is 1.25 bits per heavy atom. The summed E-state index contributed by atoms with van der Waals surface area (Å²) in [6, 6.07) is -1.37. The third-order valence-corrected chi connectivity index (χ3v) is 5.13. The molecule has 0 spiro atoms. The monoisotopic (exact) mass is 461 g/mol. The van der Waals surface area contributed by atoms with Gasteiger partial charge in [-0.2, -0.15) is 0 Å². The number of nitrogens with one attached hydrogen (secondary N) is 2. The molecule has 4 amide bonds. The van der Waals surface area contributed by atoms with Gasteiger partial charge in [-0.25, -0.2) is 4.39 Å². The number of amides is 4. The van der Waals surface area contributed by atoms with Crippen molar-refractivity contribution in [3.63, 3.8) is 0 Å². The van der Waals surface area contributed by atoms with Crippen molar-refractivity contribution in [2.24, 2.45) is 5.92 Å². The van der Waals surface area contributed by atoms with Crippen molar-refractivity contribution in [3.05, 3.63) is 0 Å². The first-order chi connectivity index (χ1) is 15.0. The zero-order valence-electron chi connectivity index (χ0n) is 17.8. The lowest BCUT2D eigenvalue weighted by molar-refractivity contribution is -0.242. The van der Waals surface area contributed by atoms with Crippen molar-refractivity contribution in [2.45, 2.75) is 63.8 Å². The minimum atomic E-state index is -2.04. The van der Waals surface area contributed by atoms with Gasteiger partial charge in [-0.1, -0.05) is 6.92 Å². The van der Waals surface area contributed by atoms with Gasteiger partial charge >= 0.3 is 5.97 Å².